The van der Waals surface area contributed by atoms with Crippen LogP contribution in [-0.2, 0) is 5.41 Å². The minimum atomic E-state index is 0.199. The maximum atomic E-state index is 3.59. The second-order valence-electron chi connectivity index (χ2n) is 5.44. The van der Waals surface area contributed by atoms with Crippen LogP contribution < -0.4 is 10.6 Å². The zero-order valence-electron chi connectivity index (χ0n) is 11.1. The molecule has 1 saturated heterocycles. The zero-order chi connectivity index (χ0) is 13.0. The molecule has 0 atom stereocenters. The fraction of sp³-hybridized carbons (Fsp3) is 0.692. The number of hydrogen-bond donors (Lipinski definition) is 2. The molecule has 1 aliphatic heterocycles. The van der Waals surface area contributed by atoms with Crippen LogP contribution in [0.15, 0.2) is 15.9 Å². The standard InChI is InChI=1S/C13H22BrN3S/c1-13(2,11-3-4-12(14)18-11)9-16-10-17-7-5-15-6-8-17/h3-4,15-16H,5-10H2,1-2H3. The lowest BCUT2D eigenvalue weighted by Gasteiger charge is -2.30. The molecule has 1 aromatic heterocycles. The zero-order valence-corrected chi connectivity index (χ0v) is 13.5. The Morgan fingerprint density at radius 1 is 1.39 bits per heavy atom. The van der Waals surface area contributed by atoms with Crippen molar-refractivity contribution in [2.24, 2.45) is 0 Å². The van der Waals surface area contributed by atoms with Crippen LogP contribution in [0, 0.1) is 0 Å². The summed E-state index contributed by atoms with van der Waals surface area (Å²) in [5.74, 6) is 0. The number of rotatable bonds is 5. The van der Waals surface area contributed by atoms with Gasteiger partial charge in [-0.2, -0.15) is 0 Å². The maximum absolute atomic E-state index is 3.59. The fourth-order valence-electron chi connectivity index (χ4n) is 2.16. The minimum Gasteiger partial charge on any atom is -0.314 e. The number of nitrogens with one attached hydrogen (secondary N) is 2. The molecule has 1 aliphatic rings. The van der Waals surface area contributed by atoms with E-state index >= 15 is 0 Å². The predicted molar refractivity (Wildman–Crippen MR) is 82.4 cm³/mol. The van der Waals surface area contributed by atoms with Crippen molar-refractivity contribution in [1.82, 2.24) is 15.5 Å². The van der Waals surface area contributed by atoms with Gasteiger partial charge in [-0.25, -0.2) is 0 Å². The van der Waals surface area contributed by atoms with E-state index in [1.54, 1.807) is 0 Å². The average molecular weight is 332 g/mol. The van der Waals surface area contributed by atoms with Crippen LogP contribution in [0.3, 0.4) is 0 Å². The molecule has 3 nitrogen and oxygen atoms in total. The molecule has 0 aliphatic carbocycles. The lowest BCUT2D eigenvalue weighted by Crippen LogP contribution is -2.48. The Morgan fingerprint density at radius 2 is 2.11 bits per heavy atom. The van der Waals surface area contributed by atoms with Crippen LogP contribution in [0.1, 0.15) is 18.7 Å². The van der Waals surface area contributed by atoms with Crippen molar-refractivity contribution in [3.05, 3.63) is 20.8 Å². The Labute approximate surface area is 122 Å². The number of halogens is 1. The molecule has 0 saturated carbocycles. The van der Waals surface area contributed by atoms with Gasteiger partial charge < -0.3 is 10.6 Å². The second-order valence-corrected chi connectivity index (χ2v) is 7.90. The third-order valence-corrected chi connectivity index (χ3v) is 5.34. The van der Waals surface area contributed by atoms with E-state index < -0.39 is 0 Å². The SMILES string of the molecule is CC(C)(CNCN1CCNCC1)c1ccc(Br)s1. The molecule has 2 N–H and O–H groups in total. The molecular weight excluding hydrogens is 310 g/mol. The molecule has 0 amide bonds. The van der Waals surface area contributed by atoms with Gasteiger partial charge in [0.15, 0.2) is 0 Å². The van der Waals surface area contributed by atoms with E-state index in [2.05, 4.69) is 57.4 Å². The summed E-state index contributed by atoms with van der Waals surface area (Å²) in [6.07, 6.45) is 0. The van der Waals surface area contributed by atoms with E-state index in [0.717, 1.165) is 39.4 Å². The predicted octanol–water partition coefficient (Wildman–Crippen LogP) is 2.24. The van der Waals surface area contributed by atoms with E-state index in [1.165, 1.54) is 8.66 Å². The number of piperazine rings is 1. The maximum Gasteiger partial charge on any atom is 0.0701 e. The van der Waals surface area contributed by atoms with Gasteiger partial charge in [0.2, 0.25) is 0 Å². The Kier molecular flexibility index (Phi) is 5.21. The van der Waals surface area contributed by atoms with Crippen molar-refractivity contribution < 1.29 is 0 Å². The van der Waals surface area contributed by atoms with Crippen molar-refractivity contribution in [2.75, 3.05) is 39.4 Å². The topological polar surface area (TPSA) is 27.3 Å². The first-order valence-corrected chi connectivity index (χ1v) is 8.08. The molecule has 102 valence electrons. The van der Waals surface area contributed by atoms with Crippen LogP contribution in [0.2, 0.25) is 0 Å². The van der Waals surface area contributed by atoms with Crippen molar-refractivity contribution in [2.45, 2.75) is 19.3 Å². The minimum absolute atomic E-state index is 0.199. The van der Waals surface area contributed by atoms with E-state index in [0.29, 0.717) is 0 Å². The summed E-state index contributed by atoms with van der Waals surface area (Å²) in [4.78, 5) is 3.90. The summed E-state index contributed by atoms with van der Waals surface area (Å²) in [7, 11) is 0. The van der Waals surface area contributed by atoms with E-state index in [9.17, 15) is 0 Å². The van der Waals surface area contributed by atoms with Crippen molar-refractivity contribution in [3.8, 4) is 0 Å². The quantitative estimate of drug-likeness (QED) is 0.866. The van der Waals surface area contributed by atoms with E-state index in [-0.39, 0.29) is 5.41 Å². The molecule has 18 heavy (non-hydrogen) atoms. The molecule has 0 unspecified atom stereocenters. The highest BCUT2D eigenvalue weighted by atomic mass is 79.9. The largest absolute Gasteiger partial charge is 0.314 e. The number of nitrogens with zero attached hydrogens (tertiary/aromatic N) is 1. The number of hydrogen-bond acceptors (Lipinski definition) is 4. The lowest BCUT2D eigenvalue weighted by molar-refractivity contribution is 0.218. The summed E-state index contributed by atoms with van der Waals surface area (Å²) in [5.41, 5.74) is 0.199. The summed E-state index contributed by atoms with van der Waals surface area (Å²) < 4.78 is 1.22. The first-order valence-electron chi connectivity index (χ1n) is 6.47. The van der Waals surface area contributed by atoms with Gasteiger partial charge in [-0.15, -0.1) is 11.3 Å². The molecular formula is C13H22BrN3S. The summed E-state index contributed by atoms with van der Waals surface area (Å²) in [6, 6.07) is 4.36. The van der Waals surface area contributed by atoms with Crippen molar-refractivity contribution in [3.63, 3.8) is 0 Å². The van der Waals surface area contributed by atoms with E-state index in [1.807, 2.05) is 11.3 Å². The Bertz CT molecular complexity index is 372. The second kappa shape index (κ2) is 6.48. The normalized spacial score (nSPS) is 18.2. The van der Waals surface area contributed by atoms with Gasteiger partial charge >= 0.3 is 0 Å². The molecule has 1 aromatic rings. The van der Waals surface area contributed by atoms with Gasteiger partial charge in [-0.3, -0.25) is 4.90 Å². The van der Waals surface area contributed by atoms with Crippen molar-refractivity contribution in [1.29, 1.82) is 0 Å². The molecule has 1 fully saturated rings. The van der Waals surface area contributed by atoms with Gasteiger partial charge in [0.1, 0.15) is 0 Å². The van der Waals surface area contributed by atoms with Crippen LogP contribution in [0.5, 0.6) is 0 Å². The molecule has 2 heterocycles. The smallest absolute Gasteiger partial charge is 0.0701 e. The van der Waals surface area contributed by atoms with Crippen LogP contribution in [0.25, 0.3) is 0 Å². The summed E-state index contributed by atoms with van der Waals surface area (Å²) in [5, 5.41) is 6.97. The molecule has 0 radical (unpaired) electrons. The molecule has 5 heteroatoms. The van der Waals surface area contributed by atoms with Gasteiger partial charge in [0.25, 0.3) is 0 Å². The third kappa shape index (κ3) is 4.03. The van der Waals surface area contributed by atoms with Gasteiger partial charge in [-0.1, -0.05) is 13.8 Å². The Balaban J connectivity index is 1.78. The van der Waals surface area contributed by atoms with Gasteiger partial charge in [-0.05, 0) is 28.1 Å². The highest BCUT2D eigenvalue weighted by Crippen LogP contribution is 2.32. The third-order valence-electron chi connectivity index (χ3n) is 3.35. The Hall–Kier alpha value is 0.0600. The Morgan fingerprint density at radius 3 is 2.72 bits per heavy atom. The van der Waals surface area contributed by atoms with Gasteiger partial charge in [0, 0.05) is 49.7 Å². The van der Waals surface area contributed by atoms with Gasteiger partial charge in [0.05, 0.1) is 3.79 Å². The van der Waals surface area contributed by atoms with Crippen LogP contribution in [0.4, 0.5) is 0 Å². The highest BCUT2D eigenvalue weighted by Gasteiger charge is 2.22. The molecule has 0 spiro atoms. The van der Waals surface area contributed by atoms with E-state index in [4.69, 9.17) is 0 Å². The summed E-state index contributed by atoms with van der Waals surface area (Å²) >= 11 is 5.37. The van der Waals surface area contributed by atoms with Crippen LogP contribution in [-0.4, -0.2) is 44.3 Å². The lowest BCUT2D eigenvalue weighted by atomic mass is 9.91. The molecule has 2 rings (SSSR count). The average Bonchev–Trinajstić information content (AvgIpc) is 2.78. The number of thiophene rings is 1. The molecule has 0 aromatic carbocycles. The van der Waals surface area contributed by atoms with Crippen molar-refractivity contribution >= 4 is 27.3 Å². The fourth-order valence-corrected chi connectivity index (χ4v) is 3.65. The highest BCUT2D eigenvalue weighted by molar-refractivity contribution is 9.11. The molecule has 0 bridgehead atoms. The summed E-state index contributed by atoms with van der Waals surface area (Å²) in [6.45, 7) is 11.1. The first-order chi connectivity index (χ1) is 8.58. The van der Waals surface area contributed by atoms with Crippen LogP contribution >= 0.6 is 27.3 Å². The first kappa shape index (κ1) is 14.5. The monoisotopic (exact) mass is 331 g/mol.